The summed E-state index contributed by atoms with van der Waals surface area (Å²) in [5.74, 6) is -2.02. The van der Waals surface area contributed by atoms with Gasteiger partial charge in [-0.2, -0.15) is 0 Å². The summed E-state index contributed by atoms with van der Waals surface area (Å²) >= 11 is 0. The second-order valence-corrected chi connectivity index (χ2v) is 14.9. The molecule has 2 aliphatic rings. The van der Waals surface area contributed by atoms with Crippen LogP contribution in [0.25, 0.3) is 0 Å². The van der Waals surface area contributed by atoms with E-state index in [-0.39, 0.29) is 75.2 Å². The smallest absolute Gasteiger partial charge is 0.281 e. The van der Waals surface area contributed by atoms with Crippen LogP contribution < -0.4 is 15.0 Å². The number of phenols is 1. The molecule has 12 heteroatoms. The molecule has 0 bridgehead atoms. The lowest BCUT2D eigenvalue weighted by Crippen LogP contribution is -2.41. The van der Waals surface area contributed by atoms with Gasteiger partial charge in [0.15, 0.2) is 21.4 Å². The maximum Gasteiger partial charge on any atom is 0.281 e. The summed E-state index contributed by atoms with van der Waals surface area (Å²) in [4.78, 5) is 19.7. The van der Waals surface area contributed by atoms with Crippen LogP contribution in [0.5, 0.6) is 11.5 Å². The van der Waals surface area contributed by atoms with Gasteiger partial charge in [0.2, 0.25) is 0 Å². The topological polar surface area (TPSA) is 122 Å². The van der Waals surface area contributed by atoms with Crippen LogP contribution in [0.3, 0.4) is 0 Å². The van der Waals surface area contributed by atoms with E-state index >= 15 is 4.39 Å². The molecule has 0 spiro atoms. The molecule has 1 aromatic heterocycles. The van der Waals surface area contributed by atoms with Crippen molar-refractivity contribution in [2.75, 3.05) is 16.0 Å². The summed E-state index contributed by atoms with van der Waals surface area (Å²) < 4.78 is 70.9. The monoisotopic (exact) mass is 663 g/mol. The van der Waals surface area contributed by atoms with Gasteiger partial charge < -0.3 is 19.6 Å². The summed E-state index contributed by atoms with van der Waals surface area (Å²) in [5.41, 5.74) is 1.10. The van der Waals surface area contributed by atoms with Gasteiger partial charge in [-0.1, -0.05) is 32.0 Å². The van der Waals surface area contributed by atoms with Crippen molar-refractivity contribution in [3.05, 3.63) is 110 Å². The van der Waals surface area contributed by atoms with Crippen LogP contribution in [-0.4, -0.2) is 30.2 Å². The highest BCUT2D eigenvalue weighted by molar-refractivity contribution is 7.95. The molecule has 47 heavy (non-hydrogen) atoms. The third-order valence-electron chi connectivity index (χ3n) is 8.65. The standard InChI is InChI=1S/C35H35F2N3O6S/c1-18-10-11-22(29(37)19(18)2)16-45-23-12-13-24(25(36)14-23)32-33-26(15-35(5,6)17-47(33,43)44)39-31-27(8-7-9-28(31)41)40(32)34(42)30-20(3)46-21(4)38-30/h7-14,32,39,41H,15-17H2,1-6H3. The number of ether oxygens (including phenoxy) is 1. The van der Waals surface area contributed by atoms with Gasteiger partial charge in [-0.3, -0.25) is 9.69 Å². The number of oxazole rings is 1. The molecule has 0 saturated heterocycles. The maximum atomic E-state index is 16.4. The Morgan fingerprint density at radius 1 is 1.13 bits per heavy atom. The first-order chi connectivity index (χ1) is 22.1. The molecular weight excluding hydrogens is 628 g/mol. The molecule has 0 aliphatic carbocycles. The quantitative estimate of drug-likeness (QED) is 0.213. The molecule has 3 aromatic carbocycles. The largest absolute Gasteiger partial charge is 0.506 e. The van der Waals surface area contributed by atoms with Gasteiger partial charge >= 0.3 is 0 Å². The lowest BCUT2D eigenvalue weighted by atomic mass is 9.88. The van der Waals surface area contributed by atoms with E-state index in [1.807, 2.05) is 0 Å². The predicted octanol–water partition coefficient (Wildman–Crippen LogP) is 7.34. The zero-order chi connectivity index (χ0) is 34.0. The van der Waals surface area contributed by atoms with Crippen molar-refractivity contribution in [3.63, 3.8) is 0 Å². The number of aromatic nitrogens is 1. The molecular formula is C35H35F2N3O6S. The molecule has 0 radical (unpaired) electrons. The fraction of sp³-hybridized carbons (Fsp3) is 0.314. The number of carbonyl (C=O) groups is 1. The second kappa shape index (κ2) is 11.5. The van der Waals surface area contributed by atoms with Gasteiger partial charge in [0, 0.05) is 29.8 Å². The summed E-state index contributed by atoms with van der Waals surface area (Å²) in [6.07, 6.45) is 0.236. The Hall–Kier alpha value is -4.71. The van der Waals surface area contributed by atoms with Crippen LogP contribution >= 0.6 is 0 Å². The number of allylic oxidation sites excluding steroid dienone is 1. The Morgan fingerprint density at radius 2 is 1.87 bits per heavy atom. The zero-order valence-electron chi connectivity index (χ0n) is 26.9. The number of aromatic hydroxyl groups is 1. The number of anilines is 2. The number of hydrogen-bond donors (Lipinski definition) is 2. The van der Waals surface area contributed by atoms with Crippen molar-refractivity contribution in [1.29, 1.82) is 0 Å². The first-order valence-corrected chi connectivity index (χ1v) is 16.7. The Balaban J connectivity index is 1.53. The summed E-state index contributed by atoms with van der Waals surface area (Å²) in [5, 5.41) is 14.1. The van der Waals surface area contributed by atoms with E-state index in [1.54, 1.807) is 59.7 Å². The van der Waals surface area contributed by atoms with Gasteiger partial charge in [-0.05, 0) is 68.0 Å². The minimum absolute atomic E-state index is 0.0800. The Morgan fingerprint density at radius 3 is 2.55 bits per heavy atom. The first-order valence-electron chi connectivity index (χ1n) is 15.1. The highest BCUT2D eigenvalue weighted by Gasteiger charge is 2.48. The average molecular weight is 664 g/mol. The van der Waals surface area contributed by atoms with Crippen LogP contribution in [0.15, 0.2) is 63.6 Å². The number of hydrogen-bond acceptors (Lipinski definition) is 8. The number of aryl methyl sites for hydroxylation is 3. The summed E-state index contributed by atoms with van der Waals surface area (Å²) in [6, 6.07) is 10.2. The third kappa shape index (κ3) is 5.75. The Bertz CT molecular complexity index is 2090. The minimum Gasteiger partial charge on any atom is -0.506 e. The zero-order valence-corrected chi connectivity index (χ0v) is 27.7. The predicted molar refractivity (Wildman–Crippen MR) is 173 cm³/mol. The Labute approximate surface area is 271 Å². The highest BCUT2D eigenvalue weighted by Crippen LogP contribution is 2.52. The van der Waals surface area contributed by atoms with Gasteiger partial charge in [0.1, 0.15) is 47.2 Å². The molecule has 4 aromatic rings. The van der Waals surface area contributed by atoms with Crippen molar-refractivity contribution in [2.45, 2.75) is 60.6 Å². The number of nitrogens with zero attached hydrogens (tertiary/aromatic N) is 2. The normalized spacial score (nSPS) is 18.2. The number of carbonyl (C=O) groups excluding carboxylic acids is 1. The van der Waals surface area contributed by atoms with E-state index in [0.717, 1.165) is 16.5 Å². The molecule has 2 aliphatic heterocycles. The number of para-hydroxylation sites is 1. The molecule has 1 amide bonds. The minimum atomic E-state index is -4.12. The van der Waals surface area contributed by atoms with Crippen LogP contribution in [0.2, 0.25) is 0 Å². The van der Waals surface area contributed by atoms with E-state index in [9.17, 15) is 22.7 Å². The molecule has 0 saturated carbocycles. The lowest BCUT2D eigenvalue weighted by molar-refractivity contribution is 0.0974. The molecule has 1 atom stereocenters. The van der Waals surface area contributed by atoms with E-state index < -0.39 is 38.8 Å². The molecule has 3 heterocycles. The summed E-state index contributed by atoms with van der Waals surface area (Å²) in [7, 11) is -4.12. The molecule has 0 fully saturated rings. The third-order valence-corrected chi connectivity index (χ3v) is 11.0. The van der Waals surface area contributed by atoms with E-state index in [4.69, 9.17) is 9.15 Å². The Kier molecular flexibility index (Phi) is 7.90. The van der Waals surface area contributed by atoms with Crippen molar-refractivity contribution < 1.29 is 36.3 Å². The van der Waals surface area contributed by atoms with Gasteiger partial charge in [0.25, 0.3) is 5.91 Å². The van der Waals surface area contributed by atoms with Crippen molar-refractivity contribution in [3.8, 4) is 11.5 Å². The second-order valence-electron chi connectivity index (χ2n) is 12.9. The molecule has 2 N–H and O–H groups in total. The average Bonchev–Trinajstić information content (AvgIpc) is 3.24. The lowest BCUT2D eigenvalue weighted by Gasteiger charge is -2.37. The molecule has 9 nitrogen and oxygen atoms in total. The summed E-state index contributed by atoms with van der Waals surface area (Å²) in [6.45, 7) is 10.0. The number of halogens is 2. The molecule has 6 rings (SSSR count). The molecule has 1 unspecified atom stereocenters. The van der Waals surface area contributed by atoms with E-state index in [2.05, 4.69) is 10.3 Å². The number of sulfone groups is 1. The first kappa shape index (κ1) is 32.2. The number of benzene rings is 3. The molecule has 246 valence electrons. The van der Waals surface area contributed by atoms with Gasteiger partial charge in [-0.25, -0.2) is 22.2 Å². The van der Waals surface area contributed by atoms with Crippen molar-refractivity contribution in [2.24, 2.45) is 5.41 Å². The number of phenolic OH excluding ortho intramolecular Hbond substituents is 1. The van der Waals surface area contributed by atoms with Crippen LogP contribution in [0.1, 0.15) is 70.7 Å². The number of fused-ring (bicyclic) bond motifs is 1. The number of amides is 1. The number of rotatable bonds is 5. The van der Waals surface area contributed by atoms with Crippen LogP contribution in [0.4, 0.5) is 20.2 Å². The van der Waals surface area contributed by atoms with Gasteiger partial charge in [-0.15, -0.1) is 0 Å². The van der Waals surface area contributed by atoms with Crippen molar-refractivity contribution in [1.82, 2.24) is 4.98 Å². The fourth-order valence-corrected chi connectivity index (χ4v) is 8.74. The van der Waals surface area contributed by atoms with Crippen molar-refractivity contribution >= 4 is 27.1 Å². The van der Waals surface area contributed by atoms with E-state index in [0.29, 0.717) is 11.1 Å². The van der Waals surface area contributed by atoms with E-state index in [1.165, 1.54) is 24.3 Å². The van der Waals surface area contributed by atoms with Crippen LogP contribution in [-0.2, 0) is 16.4 Å². The van der Waals surface area contributed by atoms with Crippen LogP contribution in [0, 0.1) is 44.7 Å². The highest BCUT2D eigenvalue weighted by atomic mass is 32.2. The SMILES string of the molecule is Cc1nc(C(=O)N2c3cccc(O)c3NC3=C(C2c2ccc(OCc4ccc(C)c(C)c4F)cc2F)S(=O)(=O)CC(C)(C)C3)c(C)o1. The van der Waals surface area contributed by atoms with Gasteiger partial charge in [0.05, 0.1) is 16.3 Å². The number of nitrogens with one attached hydrogen (secondary N) is 1. The maximum absolute atomic E-state index is 16.4. The fourth-order valence-electron chi connectivity index (χ4n) is 6.38.